The number of hydrogen-bond acceptors (Lipinski definition) is 22. The summed E-state index contributed by atoms with van der Waals surface area (Å²) in [6.07, 6.45) is -3.66. The van der Waals surface area contributed by atoms with E-state index < -0.39 is 129 Å². The van der Waals surface area contributed by atoms with Crippen LogP contribution in [-0.2, 0) is 33.4 Å². The van der Waals surface area contributed by atoms with Crippen LogP contribution < -0.4 is 42.5 Å². The van der Waals surface area contributed by atoms with Gasteiger partial charge in [0.2, 0.25) is 23.6 Å². The normalized spacial score (nSPS) is 19.9. The lowest BCUT2D eigenvalue weighted by molar-refractivity contribution is -0.143. The molecule has 0 aromatic heterocycles. The van der Waals surface area contributed by atoms with Crippen LogP contribution in [0.1, 0.15) is 183 Å². The van der Waals surface area contributed by atoms with Crippen molar-refractivity contribution >= 4 is 88.6 Å². The highest BCUT2D eigenvalue weighted by Gasteiger charge is 2.55. The zero-order valence-corrected chi connectivity index (χ0v) is 68.6. The van der Waals surface area contributed by atoms with E-state index >= 15 is 0 Å². The lowest BCUT2D eigenvalue weighted by Crippen LogP contribution is -2.60. The number of rotatable bonds is 30. The van der Waals surface area contributed by atoms with E-state index in [0.29, 0.717) is 45.2 Å². The topological polar surface area (TPSA) is 342 Å². The Kier molecular flexibility index (Phi) is 33.4. The molecule has 4 aromatic carbocycles. The van der Waals surface area contributed by atoms with Gasteiger partial charge in [-0.1, -0.05) is 190 Å². The molecule has 0 bridgehead atoms. The molecule has 13 N–H and O–H groups in total. The molecular weight excluding hydrogens is 1450 g/mol. The zero-order valence-electron chi connectivity index (χ0n) is 65.3. The van der Waals surface area contributed by atoms with Gasteiger partial charge in [0.25, 0.3) is 0 Å². The van der Waals surface area contributed by atoms with Crippen LogP contribution in [0.5, 0.6) is 0 Å². The fourth-order valence-electron chi connectivity index (χ4n) is 13.4. The number of thioether (sulfide) groups is 4. The molecule has 4 aliphatic heterocycles. The quantitative estimate of drug-likeness (QED) is 0.0217. The average Bonchev–Trinajstić information content (AvgIpc) is 1.64. The molecule has 108 heavy (non-hydrogen) atoms. The zero-order chi connectivity index (χ0) is 79.4. The van der Waals surface area contributed by atoms with Gasteiger partial charge in [0, 0.05) is 39.0 Å². The molecule has 0 aliphatic carbocycles. The standard InChI is InChI=1S/C40H61N5O7S2.C40H59N5O7S2/c2*1-8-16-28(32(47)35(49)41-24-30(46)43-31(26-17-11-9-12-18-26)27-19-13-10-14-20-27)42-34(48)29-23-40(53-21-15-22-54-40)25-45(29)36(50)33(38(2,3)4)44-37(51)52-39(5,6)7/h9-14,17-20,28-33,35,41,43,46-47,49H,8,15-16,21-25H2,1-7H3,(H,42,48)(H,44,51);9-14,17-20,28-31,33,35,41,43,46,49H,8,15-16,21-25H2,1-7H3,(H,42,48)(H,44,51)/t28?,29?,30-,32?,33?,35+;28?,29?,30-,33?,35+/m11/s1. The minimum Gasteiger partial charge on any atom is -0.444 e. The number of ether oxygens (including phenoxy) is 2. The van der Waals surface area contributed by atoms with E-state index in [-0.39, 0.29) is 41.6 Å². The highest BCUT2D eigenvalue weighted by Crippen LogP contribution is 2.52. The number of carbonyl (C=O) groups excluding carboxylic acids is 7. The second-order valence-electron chi connectivity index (χ2n) is 32.4. The van der Waals surface area contributed by atoms with Gasteiger partial charge in [-0.3, -0.25) is 45.2 Å². The molecule has 4 aliphatic rings. The van der Waals surface area contributed by atoms with E-state index in [4.69, 9.17) is 9.47 Å². The van der Waals surface area contributed by atoms with Gasteiger partial charge in [-0.2, -0.15) is 0 Å². The van der Waals surface area contributed by atoms with Crippen molar-refractivity contribution in [1.29, 1.82) is 0 Å². The molecule has 0 saturated carbocycles. The Morgan fingerprint density at radius 3 is 1.16 bits per heavy atom. The van der Waals surface area contributed by atoms with Crippen molar-refractivity contribution in [2.45, 2.75) is 247 Å². The first-order valence-electron chi connectivity index (χ1n) is 37.7. The molecule has 0 radical (unpaired) electrons. The first-order chi connectivity index (χ1) is 50.9. The Morgan fingerprint density at radius 2 is 0.824 bits per heavy atom. The van der Waals surface area contributed by atoms with Crippen molar-refractivity contribution in [2.24, 2.45) is 10.8 Å². The van der Waals surface area contributed by atoms with Crippen molar-refractivity contribution in [1.82, 2.24) is 52.3 Å². The van der Waals surface area contributed by atoms with Gasteiger partial charge < -0.3 is 66.1 Å². The summed E-state index contributed by atoms with van der Waals surface area (Å²) in [4.78, 5) is 99.9. The molecule has 4 aromatic rings. The van der Waals surface area contributed by atoms with Crippen LogP contribution in [0.2, 0.25) is 0 Å². The molecule has 8 rings (SSSR count). The van der Waals surface area contributed by atoms with E-state index in [1.54, 1.807) is 98.4 Å². The average molecular weight is 1570 g/mol. The van der Waals surface area contributed by atoms with Crippen LogP contribution >= 0.6 is 47.0 Å². The van der Waals surface area contributed by atoms with Gasteiger partial charge in [0.1, 0.15) is 60.2 Å². The minimum absolute atomic E-state index is 0.0953. The Labute approximate surface area is 656 Å². The molecule has 11 atom stereocenters. The second kappa shape index (κ2) is 40.5. The summed E-state index contributed by atoms with van der Waals surface area (Å²) in [6.45, 7) is 25.8. The van der Waals surface area contributed by atoms with E-state index in [1.165, 1.54) is 0 Å². The Balaban J connectivity index is 0.000000301. The maximum Gasteiger partial charge on any atom is 0.408 e. The number of alkyl carbamates (subject to hydrolysis) is 2. The van der Waals surface area contributed by atoms with E-state index in [0.717, 1.165) is 58.1 Å². The van der Waals surface area contributed by atoms with Gasteiger partial charge in [0.05, 0.1) is 32.3 Å². The largest absolute Gasteiger partial charge is 0.444 e. The molecule has 598 valence electrons. The van der Waals surface area contributed by atoms with Crippen molar-refractivity contribution in [3.05, 3.63) is 144 Å². The first-order valence-corrected chi connectivity index (χ1v) is 41.7. The maximum absolute atomic E-state index is 14.4. The molecule has 28 heteroatoms. The maximum atomic E-state index is 14.4. The third-order valence-electron chi connectivity index (χ3n) is 18.8. The van der Waals surface area contributed by atoms with Crippen LogP contribution in [0.3, 0.4) is 0 Å². The van der Waals surface area contributed by atoms with Gasteiger partial charge in [-0.15, -0.1) is 47.0 Å². The molecule has 2 spiro atoms. The number of likely N-dealkylation sites (tertiary alicyclic amines) is 2. The van der Waals surface area contributed by atoms with Gasteiger partial charge in [-0.25, -0.2) is 9.59 Å². The summed E-state index contributed by atoms with van der Waals surface area (Å²) < 4.78 is 10.2. The first kappa shape index (κ1) is 89.2. The number of carbonyl (C=O) groups is 7. The van der Waals surface area contributed by atoms with Gasteiger partial charge in [0.15, 0.2) is 12.0 Å². The second-order valence-corrected chi connectivity index (χ2v) is 38.8. The Bertz CT molecular complexity index is 3430. The van der Waals surface area contributed by atoms with Crippen LogP contribution in [0.25, 0.3) is 0 Å². The number of aliphatic hydroxyl groups excluding tert-OH is 5. The number of benzene rings is 4. The third-order valence-corrected chi connectivity index (χ3v) is 25.5. The molecule has 6 amide bonds. The fourth-order valence-corrected chi connectivity index (χ4v) is 20.1. The van der Waals surface area contributed by atoms with Gasteiger partial charge in [-0.05, 0) is 123 Å². The van der Waals surface area contributed by atoms with E-state index in [1.807, 2.05) is 177 Å². The molecule has 4 heterocycles. The lowest BCUT2D eigenvalue weighted by Gasteiger charge is -2.37. The summed E-state index contributed by atoms with van der Waals surface area (Å²) in [5.41, 5.74) is 0.834. The third kappa shape index (κ3) is 26.6. The number of Topliss-reactive ketones (excluding diaryl/α,β-unsaturated/α-hetero) is 1. The number of ketones is 1. The molecule has 4 saturated heterocycles. The number of nitrogens with zero attached hydrogens (tertiary/aromatic N) is 2. The number of nitrogens with one attached hydrogen (secondary N) is 8. The van der Waals surface area contributed by atoms with Crippen molar-refractivity contribution in [3.8, 4) is 0 Å². The van der Waals surface area contributed by atoms with Crippen molar-refractivity contribution < 1.29 is 68.6 Å². The van der Waals surface area contributed by atoms with Crippen LogP contribution in [-0.4, -0.2) is 213 Å². The smallest absolute Gasteiger partial charge is 0.408 e. The molecule has 24 nitrogen and oxygen atoms in total. The van der Waals surface area contributed by atoms with Crippen LogP contribution in [0.4, 0.5) is 9.59 Å². The van der Waals surface area contributed by atoms with Crippen LogP contribution in [0.15, 0.2) is 121 Å². The highest BCUT2D eigenvalue weighted by molar-refractivity contribution is 8.19. The predicted molar refractivity (Wildman–Crippen MR) is 430 cm³/mol. The summed E-state index contributed by atoms with van der Waals surface area (Å²) in [5.74, 6) is 1.27. The Hall–Kier alpha value is -5.99. The molecule has 4 fully saturated rings. The fraction of sp³-hybridized carbons (Fsp3) is 0.613. The number of amides is 6. The van der Waals surface area contributed by atoms with Crippen LogP contribution in [0, 0.1) is 10.8 Å². The lowest BCUT2D eigenvalue weighted by atomic mass is 9.85. The number of hydrogen-bond donors (Lipinski definition) is 13. The summed E-state index contributed by atoms with van der Waals surface area (Å²) in [7, 11) is 0. The highest BCUT2D eigenvalue weighted by atomic mass is 32.2. The minimum atomic E-state index is -1.68. The monoisotopic (exact) mass is 1570 g/mol. The summed E-state index contributed by atoms with van der Waals surface area (Å²) >= 11 is 6.99. The summed E-state index contributed by atoms with van der Waals surface area (Å²) in [5, 5.41) is 78.8. The molecular formula is C80H120N10O14S4. The van der Waals surface area contributed by atoms with Gasteiger partial charge >= 0.3 is 12.2 Å². The van der Waals surface area contributed by atoms with E-state index in [9.17, 15) is 59.1 Å². The predicted octanol–water partition coefficient (Wildman–Crippen LogP) is 8.90. The van der Waals surface area contributed by atoms with Crippen molar-refractivity contribution in [2.75, 3.05) is 49.2 Å². The Morgan fingerprint density at radius 1 is 0.481 bits per heavy atom. The SMILES string of the molecule is CCCC(NC(=O)C1CC2(CN1C(=O)C(NC(=O)OC(C)(C)C)C(C)(C)C)SCCCS2)C(=O)[C@H](O)NC[C@@H](O)NC(c1ccccc1)c1ccccc1.CCCC(NC(=O)C1CC2(CN1C(=O)C(NC(=O)OC(C)(C)C)C(C)(C)C)SCCCS2)C(O)[C@H](O)NC[C@@H](O)NC(c1ccccc1)c1ccccc1. The summed E-state index contributed by atoms with van der Waals surface area (Å²) in [6, 6.07) is 32.4. The van der Waals surface area contributed by atoms with E-state index in [2.05, 4.69) is 42.5 Å². The molecule has 7 unspecified atom stereocenters. The van der Waals surface area contributed by atoms with Crippen molar-refractivity contribution in [3.63, 3.8) is 0 Å². The number of aliphatic hydroxyl groups is 5.